The average molecular weight is 463 g/mol. The third-order valence-corrected chi connectivity index (χ3v) is 5.17. The highest BCUT2D eigenvalue weighted by Crippen LogP contribution is 2.38. The molecule has 168 valence electrons. The zero-order valence-electron chi connectivity index (χ0n) is 16.6. The molecule has 0 bridgehead atoms. The molecule has 1 aromatic heterocycles. The first-order valence-electron chi connectivity index (χ1n) is 8.92. The lowest BCUT2D eigenvalue weighted by Crippen LogP contribution is -2.46. The topological polar surface area (TPSA) is 175 Å². The fourth-order valence-corrected chi connectivity index (χ4v) is 3.25. The molecule has 5 N–H and O–H groups in total. The Morgan fingerprint density at radius 2 is 1.97 bits per heavy atom. The second-order valence-corrected chi connectivity index (χ2v) is 9.23. The van der Waals surface area contributed by atoms with Crippen LogP contribution in [0.3, 0.4) is 0 Å². The number of pyridine rings is 1. The molecule has 0 fully saturated rings. The zero-order valence-corrected chi connectivity index (χ0v) is 18.3. The van der Waals surface area contributed by atoms with Gasteiger partial charge in [-0.05, 0) is 12.1 Å². The summed E-state index contributed by atoms with van der Waals surface area (Å²) in [7, 11) is -4.73. The van der Waals surface area contributed by atoms with Crippen LogP contribution in [0.1, 0.15) is 30.6 Å². The van der Waals surface area contributed by atoms with Crippen LogP contribution >= 0.6 is 19.6 Å². The van der Waals surface area contributed by atoms with Crippen molar-refractivity contribution >= 4 is 36.5 Å². The van der Waals surface area contributed by atoms with E-state index in [1.807, 2.05) is 0 Å². The molecule has 1 rings (SSSR count). The maximum atomic E-state index is 12.0. The lowest BCUT2D eigenvalue weighted by molar-refractivity contribution is -0.137. The highest BCUT2D eigenvalue weighted by Gasteiger charge is 2.35. The van der Waals surface area contributed by atoms with Crippen molar-refractivity contribution in [2.24, 2.45) is 5.41 Å². The van der Waals surface area contributed by atoms with Crippen LogP contribution in [0.15, 0.2) is 24.5 Å². The Bertz CT molecular complexity index is 772. The third-order valence-electron chi connectivity index (χ3n) is 3.80. The van der Waals surface area contributed by atoms with Crippen LogP contribution in [0.2, 0.25) is 0 Å². The number of thioether (sulfide) groups is 1. The zero-order chi connectivity index (χ0) is 22.8. The van der Waals surface area contributed by atoms with E-state index in [-0.39, 0.29) is 30.5 Å². The molecule has 0 saturated carbocycles. The van der Waals surface area contributed by atoms with E-state index in [4.69, 9.17) is 9.79 Å². The van der Waals surface area contributed by atoms with Gasteiger partial charge in [0.05, 0.1) is 6.61 Å². The summed E-state index contributed by atoms with van der Waals surface area (Å²) in [4.78, 5) is 56.9. The number of nitrogens with zero attached hydrogens (tertiary/aromatic N) is 1. The first-order valence-corrected chi connectivity index (χ1v) is 11.4. The van der Waals surface area contributed by atoms with Crippen LogP contribution in [-0.4, -0.2) is 68.4 Å². The van der Waals surface area contributed by atoms with Crippen molar-refractivity contribution in [3.05, 3.63) is 30.1 Å². The van der Waals surface area contributed by atoms with Gasteiger partial charge in [-0.1, -0.05) is 25.6 Å². The number of phosphoric acid groups is 1. The Labute approximate surface area is 178 Å². The Morgan fingerprint density at radius 3 is 2.57 bits per heavy atom. The Balaban J connectivity index is 2.24. The van der Waals surface area contributed by atoms with Gasteiger partial charge in [-0.25, -0.2) is 4.57 Å². The fraction of sp³-hybridized carbons (Fsp3) is 0.529. The van der Waals surface area contributed by atoms with Crippen LogP contribution in [0, 0.1) is 5.41 Å². The van der Waals surface area contributed by atoms with Crippen molar-refractivity contribution in [1.29, 1.82) is 0 Å². The van der Waals surface area contributed by atoms with Gasteiger partial charge in [0.25, 0.3) is 0 Å². The van der Waals surface area contributed by atoms with E-state index in [0.29, 0.717) is 11.3 Å². The quantitative estimate of drug-likeness (QED) is 0.211. The fourth-order valence-electron chi connectivity index (χ4n) is 2.07. The predicted octanol–water partition coefficient (Wildman–Crippen LogP) is 0.0739. The maximum Gasteiger partial charge on any atom is 0.469 e. The van der Waals surface area contributed by atoms with Crippen molar-refractivity contribution in [3.63, 3.8) is 0 Å². The molecule has 30 heavy (non-hydrogen) atoms. The van der Waals surface area contributed by atoms with E-state index in [1.165, 1.54) is 20.0 Å². The molecular weight excluding hydrogens is 437 g/mol. The summed E-state index contributed by atoms with van der Waals surface area (Å²) in [6, 6.07) is 3.31. The number of phosphoric ester groups is 1. The summed E-state index contributed by atoms with van der Waals surface area (Å²) < 4.78 is 15.1. The highest BCUT2D eigenvalue weighted by atomic mass is 32.2. The molecule has 2 amide bonds. The standard InChI is InChI=1S/C17H26N3O8PS/c1-17(2,11-28-29(25,26)27)14(22)15(23)20-7-5-13(21)19-8-9-30-16(24)12-4-3-6-18-10-12/h3-4,6,10,14,22H,5,7-9,11H2,1-2H3,(H,19,21)(H,20,23)(H2,25,26,27)/t14-/m1/s1. The van der Waals surface area contributed by atoms with E-state index >= 15 is 0 Å². The van der Waals surface area contributed by atoms with Crippen LogP contribution in [0.5, 0.6) is 0 Å². The largest absolute Gasteiger partial charge is 0.469 e. The summed E-state index contributed by atoms with van der Waals surface area (Å²) >= 11 is 1.05. The van der Waals surface area contributed by atoms with E-state index in [1.54, 1.807) is 18.3 Å². The minimum absolute atomic E-state index is 0.0426. The molecule has 11 nitrogen and oxygen atoms in total. The van der Waals surface area contributed by atoms with Crippen molar-refractivity contribution in [2.75, 3.05) is 25.4 Å². The van der Waals surface area contributed by atoms with Gasteiger partial charge in [0.2, 0.25) is 16.9 Å². The number of hydrogen-bond acceptors (Lipinski definition) is 8. The molecule has 0 aliphatic rings. The van der Waals surface area contributed by atoms with Gasteiger partial charge in [0, 0.05) is 48.6 Å². The van der Waals surface area contributed by atoms with Crippen molar-refractivity contribution in [2.45, 2.75) is 26.4 Å². The van der Waals surface area contributed by atoms with Crippen molar-refractivity contribution in [1.82, 2.24) is 15.6 Å². The van der Waals surface area contributed by atoms with Gasteiger partial charge in [0.1, 0.15) is 6.10 Å². The molecular formula is C17H26N3O8PS. The van der Waals surface area contributed by atoms with Crippen LogP contribution in [-0.2, 0) is 18.7 Å². The molecule has 0 spiro atoms. The molecule has 0 unspecified atom stereocenters. The minimum atomic E-state index is -4.73. The number of nitrogens with one attached hydrogen (secondary N) is 2. The molecule has 1 heterocycles. The summed E-state index contributed by atoms with van der Waals surface area (Å²) in [6.07, 6.45) is 1.39. The Kier molecular flexibility index (Phi) is 10.6. The van der Waals surface area contributed by atoms with Crippen LogP contribution < -0.4 is 10.6 Å². The number of carbonyl (C=O) groups excluding carboxylic acids is 3. The van der Waals surface area contributed by atoms with Gasteiger partial charge in [-0.3, -0.25) is 23.9 Å². The third kappa shape index (κ3) is 10.3. The summed E-state index contributed by atoms with van der Waals surface area (Å²) in [6.45, 7) is 2.49. The number of carbonyl (C=O) groups is 3. The highest BCUT2D eigenvalue weighted by molar-refractivity contribution is 8.14. The van der Waals surface area contributed by atoms with Crippen LogP contribution in [0.4, 0.5) is 0 Å². The second kappa shape index (κ2) is 12.1. The van der Waals surface area contributed by atoms with Crippen LogP contribution in [0.25, 0.3) is 0 Å². The lowest BCUT2D eigenvalue weighted by Gasteiger charge is -2.29. The molecule has 0 aliphatic carbocycles. The van der Waals surface area contributed by atoms with Gasteiger partial charge in [-0.15, -0.1) is 0 Å². The smallest absolute Gasteiger partial charge is 0.383 e. The number of aromatic nitrogens is 1. The summed E-state index contributed by atoms with van der Waals surface area (Å²) in [5, 5.41) is 14.9. The van der Waals surface area contributed by atoms with Gasteiger partial charge in [-0.2, -0.15) is 0 Å². The van der Waals surface area contributed by atoms with Crippen molar-refractivity contribution in [3.8, 4) is 0 Å². The average Bonchev–Trinajstić information content (AvgIpc) is 2.69. The first-order chi connectivity index (χ1) is 13.9. The molecule has 0 aromatic carbocycles. The molecule has 0 saturated heterocycles. The normalized spacial score (nSPS) is 12.8. The number of amides is 2. The minimum Gasteiger partial charge on any atom is -0.383 e. The van der Waals surface area contributed by atoms with Crippen molar-refractivity contribution < 1.29 is 38.4 Å². The van der Waals surface area contributed by atoms with E-state index in [2.05, 4.69) is 20.1 Å². The molecule has 0 radical (unpaired) electrons. The number of hydrogen-bond donors (Lipinski definition) is 5. The van der Waals surface area contributed by atoms with E-state index < -0.39 is 31.9 Å². The molecule has 13 heteroatoms. The monoisotopic (exact) mass is 463 g/mol. The summed E-state index contributed by atoms with van der Waals surface area (Å²) in [5.74, 6) is -0.763. The molecule has 1 aromatic rings. The number of aliphatic hydroxyl groups excluding tert-OH is 1. The Hall–Kier alpha value is -1.82. The van der Waals surface area contributed by atoms with Gasteiger partial charge < -0.3 is 25.5 Å². The van der Waals surface area contributed by atoms with Gasteiger partial charge >= 0.3 is 7.82 Å². The lowest BCUT2D eigenvalue weighted by atomic mass is 9.87. The van der Waals surface area contributed by atoms with Gasteiger partial charge in [0.15, 0.2) is 0 Å². The summed E-state index contributed by atoms with van der Waals surface area (Å²) in [5.41, 5.74) is -0.782. The second-order valence-electron chi connectivity index (χ2n) is 6.92. The maximum absolute atomic E-state index is 12.0. The van der Waals surface area contributed by atoms with E-state index in [0.717, 1.165) is 11.8 Å². The number of aliphatic hydroxyl groups is 1. The SMILES string of the molecule is CC(C)(COP(=O)(O)O)[C@H](O)C(=O)NCCC(=O)NCCSC(=O)c1cccnc1. The predicted molar refractivity (Wildman–Crippen MR) is 109 cm³/mol. The first kappa shape index (κ1) is 26.2. The Morgan fingerprint density at radius 1 is 1.27 bits per heavy atom. The molecule has 1 atom stereocenters. The number of rotatable bonds is 12. The van der Waals surface area contributed by atoms with E-state index in [9.17, 15) is 24.1 Å². The molecule has 0 aliphatic heterocycles.